The van der Waals surface area contributed by atoms with Gasteiger partial charge in [-0.1, -0.05) is 328 Å². The first kappa shape index (κ1) is 71.2. The summed E-state index contributed by atoms with van der Waals surface area (Å²) in [4.78, 5) is 10.3. The number of pyridine rings is 2. The van der Waals surface area contributed by atoms with Crippen molar-refractivity contribution in [2.45, 2.75) is 5.41 Å². The molecule has 27 rings (SSSR count). The fourth-order valence-corrected chi connectivity index (χ4v) is 21.6. The SMILES string of the molecule is c1ccc(-n2c3ccc(-c4cccc(-c5ncc6cccc7c6c5-c5ccccc5-7)c4)cc3c3cc(-c4ccc5c(c4)C(c4ccccc4)(c4ccccc4)c4ccccc4-5)ccc32)cc1.c1ccc(-n2c3ccccc3c3cc(-c4ccc5c(c4)c4ccc(-c6cccc(-c7ncc8cccc9c8c7-c7ccccc7-9)c6)cc4n5-c4ccccc4)ccc32)cc1. The number of fused-ring (bicyclic) bond motifs is 18. The summed E-state index contributed by atoms with van der Waals surface area (Å²) >= 11 is 0. The van der Waals surface area contributed by atoms with Gasteiger partial charge in [-0.25, -0.2) is 0 Å². The van der Waals surface area contributed by atoms with Gasteiger partial charge in [0.25, 0.3) is 0 Å². The zero-order valence-corrected chi connectivity index (χ0v) is 68.5. The third-order valence-corrected chi connectivity index (χ3v) is 27.1. The number of nitrogens with zero attached hydrogens (tertiary/aromatic N) is 5. The van der Waals surface area contributed by atoms with Gasteiger partial charge >= 0.3 is 0 Å². The molecule has 584 valence electrons. The van der Waals surface area contributed by atoms with E-state index in [0.717, 1.165) is 45.0 Å². The van der Waals surface area contributed by atoms with Crippen molar-refractivity contribution >= 4 is 87.0 Å². The van der Waals surface area contributed by atoms with Gasteiger partial charge in [0.15, 0.2) is 0 Å². The van der Waals surface area contributed by atoms with E-state index < -0.39 is 5.41 Å². The molecule has 0 saturated heterocycles. The van der Waals surface area contributed by atoms with Crippen LogP contribution < -0.4 is 0 Å². The topological polar surface area (TPSA) is 40.6 Å². The summed E-state index contributed by atoms with van der Waals surface area (Å²) in [6.07, 6.45) is 4.08. The van der Waals surface area contributed by atoms with Gasteiger partial charge in [-0.2, -0.15) is 0 Å². The normalized spacial score (nSPS) is 12.5. The first-order chi connectivity index (χ1) is 62.5. The highest BCUT2D eigenvalue weighted by Crippen LogP contribution is 2.58. The molecule has 0 saturated carbocycles. The fourth-order valence-electron chi connectivity index (χ4n) is 21.6. The second kappa shape index (κ2) is 28.2. The van der Waals surface area contributed by atoms with Crippen LogP contribution in [0, 0.1) is 0 Å². The maximum absolute atomic E-state index is 5.15. The van der Waals surface area contributed by atoms with E-state index in [2.05, 4.69) is 457 Å². The highest BCUT2D eigenvalue weighted by Gasteiger charge is 2.46. The average Bonchev–Trinajstić information content (AvgIpc) is 1.53. The van der Waals surface area contributed by atoms with Gasteiger partial charge in [0, 0.05) is 106 Å². The summed E-state index contributed by atoms with van der Waals surface area (Å²) in [5.74, 6) is 0. The molecule has 5 heterocycles. The minimum Gasteiger partial charge on any atom is -0.309 e. The van der Waals surface area contributed by atoms with Crippen LogP contribution in [0.25, 0.3) is 227 Å². The van der Waals surface area contributed by atoms with Crippen LogP contribution in [-0.2, 0) is 5.41 Å². The Balaban J connectivity index is 0.000000135. The molecule has 0 fully saturated rings. The number of hydrogen-bond acceptors (Lipinski definition) is 2. The Kier molecular flexibility index (Phi) is 16.0. The Labute approximate surface area is 728 Å². The Morgan fingerprint density at radius 1 is 0.183 bits per heavy atom. The second-order valence-electron chi connectivity index (χ2n) is 33.7. The van der Waals surface area contributed by atoms with E-state index in [9.17, 15) is 0 Å². The molecule has 0 aliphatic heterocycles. The summed E-state index contributed by atoms with van der Waals surface area (Å²) in [7, 11) is 0. The van der Waals surface area contributed by atoms with Crippen molar-refractivity contribution < 1.29 is 0 Å². The molecule has 3 aliphatic rings. The van der Waals surface area contributed by atoms with E-state index in [4.69, 9.17) is 9.97 Å². The maximum Gasteiger partial charge on any atom is 0.0787 e. The van der Waals surface area contributed by atoms with E-state index >= 15 is 0 Å². The van der Waals surface area contributed by atoms with E-state index in [0.29, 0.717) is 0 Å². The smallest absolute Gasteiger partial charge is 0.0787 e. The minimum atomic E-state index is -0.464. The Morgan fingerprint density at radius 3 is 0.992 bits per heavy atom. The van der Waals surface area contributed by atoms with Crippen LogP contribution in [0.2, 0.25) is 0 Å². The molecular formula is C121H75N5. The summed E-state index contributed by atoms with van der Waals surface area (Å²) in [6.45, 7) is 0. The Morgan fingerprint density at radius 2 is 0.508 bits per heavy atom. The average molecular weight is 1600 g/mol. The minimum absolute atomic E-state index is 0.464. The standard InChI is InChI=1S/C64H40N2.C57H35N3/c1-4-19-47(20-5-1)64(48-21-6-2-7-22-48)57-29-13-12-26-51(57)52-33-30-44(39-58(52)64)43-32-35-60-56(38-43)55-37-42(31-34-59(55)66(60)49-23-8-3-9-24-49)41-16-14-17-45(36-41)63-62-54-27-11-10-25-50(54)53-28-15-18-46(40-65-63)61(53)62;1-3-16-42(17-4-1)59-51-24-10-9-21-45(51)49-32-37(26-29-52(49)59)38-27-30-53-50(33-38)46-28-25-39(34-54(46)60(53)43-18-5-2-6-19-43)36-13-11-14-40(31-36)57-56-48-22-8-7-20-44(48)47-23-12-15-41(35-58-57)55(47)56/h1-40H;1-35H. The number of rotatable bonds is 11. The van der Waals surface area contributed by atoms with Crippen LogP contribution in [-0.4, -0.2) is 23.7 Å². The predicted molar refractivity (Wildman–Crippen MR) is 525 cm³/mol. The van der Waals surface area contributed by atoms with Gasteiger partial charge in [0.2, 0.25) is 0 Å². The zero-order chi connectivity index (χ0) is 82.7. The quantitative estimate of drug-likeness (QED) is 0.129. The van der Waals surface area contributed by atoms with Crippen molar-refractivity contribution in [2.75, 3.05) is 0 Å². The van der Waals surface area contributed by atoms with Crippen LogP contribution in [0.5, 0.6) is 0 Å². The van der Waals surface area contributed by atoms with Crippen molar-refractivity contribution in [3.05, 3.63) is 477 Å². The van der Waals surface area contributed by atoms with E-state index in [1.165, 1.54) is 204 Å². The largest absolute Gasteiger partial charge is 0.309 e. The van der Waals surface area contributed by atoms with E-state index in [-0.39, 0.29) is 0 Å². The first-order valence-electron chi connectivity index (χ1n) is 43.5. The molecule has 0 N–H and O–H groups in total. The number of hydrogen-bond donors (Lipinski definition) is 0. The monoisotopic (exact) mass is 1600 g/mol. The third-order valence-electron chi connectivity index (χ3n) is 27.1. The van der Waals surface area contributed by atoms with Crippen molar-refractivity contribution in [2.24, 2.45) is 0 Å². The van der Waals surface area contributed by atoms with Crippen LogP contribution in [0.15, 0.2) is 455 Å². The van der Waals surface area contributed by atoms with Gasteiger partial charge < -0.3 is 13.7 Å². The molecule has 5 heteroatoms. The van der Waals surface area contributed by atoms with Crippen LogP contribution in [0.4, 0.5) is 0 Å². The lowest BCUT2D eigenvalue weighted by Gasteiger charge is -2.34. The predicted octanol–water partition coefficient (Wildman–Crippen LogP) is 31.4. The Hall–Kier alpha value is -16.6. The molecule has 19 aromatic carbocycles. The van der Waals surface area contributed by atoms with Gasteiger partial charge in [-0.05, 0) is 227 Å². The molecular weight excluding hydrogens is 1520 g/mol. The molecule has 0 amide bonds. The van der Waals surface area contributed by atoms with Gasteiger partial charge in [-0.15, -0.1) is 0 Å². The van der Waals surface area contributed by atoms with Crippen molar-refractivity contribution in [1.82, 2.24) is 23.7 Å². The van der Waals surface area contributed by atoms with Crippen molar-refractivity contribution in [1.29, 1.82) is 0 Å². The van der Waals surface area contributed by atoms with Crippen molar-refractivity contribution in [3.63, 3.8) is 0 Å². The second-order valence-corrected chi connectivity index (χ2v) is 33.7. The molecule has 126 heavy (non-hydrogen) atoms. The molecule has 0 bridgehead atoms. The molecule has 0 radical (unpaired) electrons. The maximum atomic E-state index is 5.15. The van der Waals surface area contributed by atoms with Crippen LogP contribution >= 0.6 is 0 Å². The molecule has 3 aliphatic carbocycles. The highest BCUT2D eigenvalue weighted by molar-refractivity contribution is 6.21. The van der Waals surface area contributed by atoms with Gasteiger partial charge in [-0.3, -0.25) is 9.97 Å². The molecule has 5 aromatic heterocycles. The molecule has 5 nitrogen and oxygen atoms in total. The highest BCUT2D eigenvalue weighted by atomic mass is 15.0. The molecule has 24 aromatic rings. The lowest BCUT2D eigenvalue weighted by molar-refractivity contribution is 0.769. The molecule has 0 unspecified atom stereocenters. The number of para-hydroxylation sites is 4. The lowest BCUT2D eigenvalue weighted by Crippen LogP contribution is -2.28. The summed E-state index contributed by atoms with van der Waals surface area (Å²) in [5.41, 5.74) is 41.7. The molecule has 0 atom stereocenters. The number of benzene rings is 19. The molecule has 0 spiro atoms. The lowest BCUT2D eigenvalue weighted by atomic mass is 9.67. The summed E-state index contributed by atoms with van der Waals surface area (Å²) < 4.78 is 7.21. The summed E-state index contributed by atoms with van der Waals surface area (Å²) in [5, 5.41) is 12.3. The Bertz CT molecular complexity index is 8590. The van der Waals surface area contributed by atoms with Gasteiger partial charge in [0.05, 0.1) is 49.9 Å². The van der Waals surface area contributed by atoms with E-state index in [1.807, 2.05) is 12.4 Å². The summed E-state index contributed by atoms with van der Waals surface area (Å²) in [6, 6.07) is 163. The fraction of sp³-hybridized carbons (Fsp3) is 0.00826. The van der Waals surface area contributed by atoms with Crippen LogP contribution in [0.1, 0.15) is 22.3 Å². The zero-order valence-electron chi connectivity index (χ0n) is 68.5. The third kappa shape index (κ3) is 10.8. The van der Waals surface area contributed by atoms with Crippen molar-refractivity contribution in [3.8, 4) is 140 Å². The van der Waals surface area contributed by atoms with Crippen LogP contribution in [0.3, 0.4) is 0 Å². The first-order valence-corrected chi connectivity index (χ1v) is 43.5. The van der Waals surface area contributed by atoms with E-state index in [1.54, 1.807) is 0 Å². The number of aromatic nitrogens is 5. The van der Waals surface area contributed by atoms with Gasteiger partial charge in [0.1, 0.15) is 0 Å².